The molecule has 4 nitrogen and oxygen atoms in total. The van der Waals surface area contributed by atoms with Crippen molar-refractivity contribution in [2.75, 3.05) is 6.54 Å². The number of carbonyl (C=O) groups is 1. The van der Waals surface area contributed by atoms with E-state index in [9.17, 15) is 4.79 Å². The third-order valence-electron chi connectivity index (χ3n) is 3.27. The highest BCUT2D eigenvalue weighted by atomic mass is 35.5. The molecule has 0 unspecified atom stereocenters. The Kier molecular flexibility index (Phi) is 5.01. The summed E-state index contributed by atoms with van der Waals surface area (Å²) in [6.45, 7) is 4.84. The zero-order chi connectivity index (χ0) is 14.5. The molecule has 108 valence electrons. The molecule has 0 aliphatic carbocycles. The van der Waals surface area contributed by atoms with Gasteiger partial charge in [-0.15, -0.1) is 0 Å². The number of nitrogens with zero attached hydrogens (tertiary/aromatic N) is 2. The maximum atomic E-state index is 12.4. The second kappa shape index (κ2) is 6.75. The summed E-state index contributed by atoms with van der Waals surface area (Å²) in [5.41, 5.74) is 2.16. The summed E-state index contributed by atoms with van der Waals surface area (Å²) in [6, 6.07) is 3.61. The number of hydrogen-bond donors (Lipinski definition) is 1. The number of imidazole rings is 1. The van der Waals surface area contributed by atoms with Gasteiger partial charge in [-0.3, -0.25) is 9.20 Å². The normalized spacial score (nSPS) is 10.9. The number of unbranched alkanes of at least 4 members (excludes halogenated alkanes) is 2. The van der Waals surface area contributed by atoms with Crippen molar-refractivity contribution in [2.24, 2.45) is 0 Å². The second-order valence-electron chi connectivity index (χ2n) is 4.80. The molecule has 2 heterocycles. The van der Waals surface area contributed by atoms with E-state index in [4.69, 9.17) is 11.6 Å². The summed E-state index contributed by atoms with van der Waals surface area (Å²) in [5.74, 6) is -0.0762. The van der Waals surface area contributed by atoms with Crippen LogP contribution < -0.4 is 5.32 Å². The molecule has 2 aromatic heterocycles. The highest BCUT2D eigenvalue weighted by Crippen LogP contribution is 2.17. The van der Waals surface area contributed by atoms with Gasteiger partial charge >= 0.3 is 0 Å². The molecule has 0 aliphatic heterocycles. The van der Waals surface area contributed by atoms with Crippen LogP contribution in [0.3, 0.4) is 0 Å². The third kappa shape index (κ3) is 3.12. The fourth-order valence-electron chi connectivity index (χ4n) is 2.22. The maximum absolute atomic E-state index is 12.4. The van der Waals surface area contributed by atoms with Gasteiger partial charge in [0.15, 0.2) is 0 Å². The Balaban J connectivity index is 2.26. The predicted molar refractivity (Wildman–Crippen MR) is 81.4 cm³/mol. The minimum atomic E-state index is -0.0762. The van der Waals surface area contributed by atoms with Gasteiger partial charge in [0, 0.05) is 12.7 Å². The van der Waals surface area contributed by atoms with Crippen LogP contribution in [-0.2, 0) is 6.42 Å². The quantitative estimate of drug-likeness (QED) is 0.829. The number of rotatable bonds is 6. The van der Waals surface area contributed by atoms with E-state index in [0.717, 1.165) is 37.0 Å². The van der Waals surface area contributed by atoms with Gasteiger partial charge in [-0.1, -0.05) is 38.3 Å². The molecule has 0 atom stereocenters. The van der Waals surface area contributed by atoms with Crippen LogP contribution in [-0.4, -0.2) is 21.8 Å². The molecule has 20 heavy (non-hydrogen) atoms. The summed E-state index contributed by atoms with van der Waals surface area (Å²) >= 11 is 6.01. The van der Waals surface area contributed by atoms with Crippen LogP contribution in [0.15, 0.2) is 18.3 Å². The van der Waals surface area contributed by atoms with Crippen LogP contribution in [0.5, 0.6) is 0 Å². The lowest BCUT2D eigenvalue weighted by Gasteiger charge is -2.06. The number of aryl methyl sites for hydroxylation is 1. The van der Waals surface area contributed by atoms with Crippen LogP contribution in [0, 0.1) is 0 Å². The van der Waals surface area contributed by atoms with Gasteiger partial charge in [0.05, 0.1) is 10.7 Å². The Morgan fingerprint density at radius 2 is 2.15 bits per heavy atom. The number of nitrogens with one attached hydrogen (secondary N) is 1. The predicted octanol–water partition coefficient (Wildman–Crippen LogP) is 3.47. The van der Waals surface area contributed by atoms with E-state index in [2.05, 4.69) is 17.2 Å². The topological polar surface area (TPSA) is 46.4 Å². The van der Waals surface area contributed by atoms with E-state index < -0.39 is 0 Å². The number of amides is 1. The average Bonchev–Trinajstić information content (AvgIpc) is 2.81. The van der Waals surface area contributed by atoms with Gasteiger partial charge in [-0.2, -0.15) is 0 Å². The molecule has 0 saturated carbocycles. The fourth-order valence-corrected chi connectivity index (χ4v) is 2.38. The largest absolute Gasteiger partial charge is 0.351 e. The van der Waals surface area contributed by atoms with E-state index >= 15 is 0 Å². The Morgan fingerprint density at radius 3 is 2.85 bits per heavy atom. The number of hydrogen-bond acceptors (Lipinski definition) is 2. The molecule has 0 bridgehead atoms. The lowest BCUT2D eigenvalue weighted by molar-refractivity contribution is 0.0946. The number of pyridine rings is 1. The standard InChI is InChI=1S/C15H20ClN3O/c1-3-5-6-9-17-15(20)14-12(4-2)18-13-8-7-11(16)10-19(13)14/h7-8,10H,3-6,9H2,1-2H3,(H,17,20). The van der Waals surface area contributed by atoms with Crippen molar-refractivity contribution in [2.45, 2.75) is 39.5 Å². The Bertz CT molecular complexity index is 606. The molecule has 1 amide bonds. The van der Waals surface area contributed by atoms with Crippen molar-refractivity contribution in [3.63, 3.8) is 0 Å². The first-order valence-electron chi connectivity index (χ1n) is 7.12. The summed E-state index contributed by atoms with van der Waals surface area (Å²) in [4.78, 5) is 16.8. The van der Waals surface area contributed by atoms with Crippen molar-refractivity contribution in [1.82, 2.24) is 14.7 Å². The number of halogens is 1. The van der Waals surface area contributed by atoms with Crippen molar-refractivity contribution < 1.29 is 4.79 Å². The Morgan fingerprint density at radius 1 is 1.35 bits per heavy atom. The van der Waals surface area contributed by atoms with Gasteiger partial charge in [-0.05, 0) is 25.0 Å². The molecule has 2 rings (SSSR count). The molecular weight excluding hydrogens is 274 g/mol. The van der Waals surface area contributed by atoms with Crippen LogP contribution in [0.1, 0.15) is 49.3 Å². The van der Waals surface area contributed by atoms with E-state index in [1.54, 1.807) is 16.7 Å². The van der Waals surface area contributed by atoms with Crippen molar-refractivity contribution in [1.29, 1.82) is 0 Å². The molecule has 2 aromatic rings. The molecule has 0 fully saturated rings. The zero-order valence-corrected chi connectivity index (χ0v) is 12.7. The summed E-state index contributed by atoms with van der Waals surface area (Å²) in [6.07, 6.45) is 5.73. The van der Waals surface area contributed by atoms with Crippen LogP contribution >= 0.6 is 11.6 Å². The maximum Gasteiger partial charge on any atom is 0.270 e. The van der Waals surface area contributed by atoms with Gasteiger partial charge in [-0.25, -0.2) is 4.98 Å². The van der Waals surface area contributed by atoms with Crippen molar-refractivity contribution in [3.8, 4) is 0 Å². The average molecular weight is 294 g/mol. The lowest BCUT2D eigenvalue weighted by Crippen LogP contribution is -2.26. The monoisotopic (exact) mass is 293 g/mol. The second-order valence-corrected chi connectivity index (χ2v) is 5.24. The first-order valence-corrected chi connectivity index (χ1v) is 7.49. The number of fused-ring (bicyclic) bond motifs is 1. The van der Waals surface area contributed by atoms with Gasteiger partial charge in [0.1, 0.15) is 11.3 Å². The SMILES string of the molecule is CCCCCNC(=O)c1c(CC)nc2ccc(Cl)cn12. The molecule has 0 radical (unpaired) electrons. The fraction of sp³-hybridized carbons (Fsp3) is 0.467. The van der Waals surface area contributed by atoms with Crippen molar-refractivity contribution in [3.05, 3.63) is 34.7 Å². The molecule has 1 N–H and O–H groups in total. The minimum Gasteiger partial charge on any atom is -0.351 e. The van der Waals surface area contributed by atoms with Crippen LogP contribution in [0.4, 0.5) is 0 Å². The first-order chi connectivity index (χ1) is 9.67. The zero-order valence-electron chi connectivity index (χ0n) is 11.9. The van der Waals surface area contributed by atoms with Gasteiger partial charge in [0.2, 0.25) is 0 Å². The smallest absolute Gasteiger partial charge is 0.270 e. The van der Waals surface area contributed by atoms with E-state index in [1.165, 1.54) is 0 Å². The van der Waals surface area contributed by atoms with E-state index in [-0.39, 0.29) is 5.91 Å². The highest BCUT2D eigenvalue weighted by Gasteiger charge is 2.17. The molecule has 0 aromatic carbocycles. The number of carbonyl (C=O) groups excluding carboxylic acids is 1. The van der Waals surface area contributed by atoms with Crippen molar-refractivity contribution >= 4 is 23.2 Å². The highest BCUT2D eigenvalue weighted by molar-refractivity contribution is 6.30. The molecule has 0 saturated heterocycles. The molecule has 0 spiro atoms. The molecular formula is C15H20ClN3O. The van der Waals surface area contributed by atoms with Gasteiger partial charge < -0.3 is 5.32 Å². The Hall–Kier alpha value is -1.55. The van der Waals surface area contributed by atoms with Gasteiger partial charge in [0.25, 0.3) is 5.91 Å². The van der Waals surface area contributed by atoms with Crippen LogP contribution in [0.25, 0.3) is 5.65 Å². The first kappa shape index (κ1) is 14.9. The minimum absolute atomic E-state index is 0.0762. The molecule has 0 aliphatic rings. The van der Waals surface area contributed by atoms with E-state index in [0.29, 0.717) is 17.3 Å². The third-order valence-corrected chi connectivity index (χ3v) is 3.49. The lowest BCUT2D eigenvalue weighted by atomic mass is 10.2. The summed E-state index contributed by atoms with van der Waals surface area (Å²) < 4.78 is 1.77. The molecule has 5 heteroatoms. The summed E-state index contributed by atoms with van der Waals surface area (Å²) in [5, 5.41) is 3.56. The number of aromatic nitrogens is 2. The Labute approximate surface area is 124 Å². The van der Waals surface area contributed by atoms with E-state index in [1.807, 2.05) is 13.0 Å². The van der Waals surface area contributed by atoms with Crippen LogP contribution in [0.2, 0.25) is 5.02 Å². The summed E-state index contributed by atoms with van der Waals surface area (Å²) in [7, 11) is 0.